The Balaban J connectivity index is 2.16. The van der Waals surface area contributed by atoms with Crippen LogP contribution in [0.15, 0.2) is 18.2 Å². The van der Waals surface area contributed by atoms with Crippen molar-refractivity contribution >= 4 is 0 Å². The molecule has 0 amide bonds. The minimum atomic E-state index is -0.378. The summed E-state index contributed by atoms with van der Waals surface area (Å²) in [7, 11) is 1.81. The molecular formula is C17H26FNO2. The van der Waals surface area contributed by atoms with Gasteiger partial charge in [-0.15, -0.1) is 0 Å². The second-order valence-electron chi connectivity index (χ2n) is 6.97. The first-order chi connectivity index (χ1) is 9.64. The molecule has 1 aromatic carbocycles. The monoisotopic (exact) mass is 295 g/mol. The van der Waals surface area contributed by atoms with Crippen LogP contribution in [0.5, 0.6) is 5.75 Å². The lowest BCUT2D eigenvalue weighted by Gasteiger charge is -2.27. The summed E-state index contributed by atoms with van der Waals surface area (Å²) in [5.74, 6) is 0.309. The third-order valence-electron chi connectivity index (χ3n) is 4.14. The lowest BCUT2D eigenvalue weighted by atomic mass is 9.97. The molecule has 118 valence electrons. The van der Waals surface area contributed by atoms with Gasteiger partial charge in [-0.3, -0.25) is 0 Å². The fourth-order valence-corrected chi connectivity index (χ4v) is 2.95. The molecule has 4 heteroatoms. The van der Waals surface area contributed by atoms with Gasteiger partial charge in [0, 0.05) is 24.1 Å². The highest BCUT2D eigenvalue weighted by Crippen LogP contribution is 2.39. The van der Waals surface area contributed by atoms with Gasteiger partial charge in [-0.05, 0) is 47.7 Å². The Morgan fingerprint density at radius 2 is 2.00 bits per heavy atom. The molecule has 1 saturated heterocycles. The molecule has 1 N–H and O–H groups in total. The molecule has 0 radical (unpaired) electrons. The second kappa shape index (κ2) is 5.58. The average Bonchev–Trinajstić information content (AvgIpc) is 2.56. The standard InChI is InChI=1S/C17H26FNO2/c1-11(19-6)13-8-7-12(9-14(13)18)20-15-10-16(2,3)21-17(15,4)5/h7-9,11,15,19H,10H2,1-6H3. The Morgan fingerprint density at radius 3 is 2.48 bits per heavy atom. The maximum absolute atomic E-state index is 14.2. The summed E-state index contributed by atoms with van der Waals surface area (Å²) in [6.45, 7) is 10.1. The molecule has 1 aliphatic heterocycles. The number of hydrogen-bond acceptors (Lipinski definition) is 3. The van der Waals surface area contributed by atoms with Gasteiger partial charge in [-0.25, -0.2) is 4.39 Å². The second-order valence-corrected chi connectivity index (χ2v) is 6.97. The number of ether oxygens (including phenoxy) is 2. The molecule has 0 bridgehead atoms. The summed E-state index contributed by atoms with van der Waals surface area (Å²) >= 11 is 0. The van der Waals surface area contributed by atoms with Gasteiger partial charge in [0.2, 0.25) is 0 Å². The van der Waals surface area contributed by atoms with E-state index in [2.05, 4.69) is 19.2 Å². The van der Waals surface area contributed by atoms with E-state index in [1.54, 1.807) is 6.07 Å². The van der Waals surface area contributed by atoms with Crippen LogP contribution in [0.4, 0.5) is 4.39 Å². The van der Waals surface area contributed by atoms with Crippen molar-refractivity contribution in [1.29, 1.82) is 0 Å². The van der Waals surface area contributed by atoms with Crippen LogP contribution in [0.3, 0.4) is 0 Å². The SMILES string of the molecule is CNC(C)c1ccc(OC2CC(C)(C)OC2(C)C)cc1F. The normalized spacial score (nSPS) is 24.8. The van der Waals surface area contributed by atoms with Crippen LogP contribution >= 0.6 is 0 Å². The average molecular weight is 295 g/mol. The zero-order valence-electron chi connectivity index (χ0n) is 13.8. The molecule has 1 aliphatic rings. The zero-order chi connectivity index (χ0) is 15.8. The maximum Gasteiger partial charge on any atom is 0.131 e. The van der Waals surface area contributed by atoms with Crippen molar-refractivity contribution in [3.8, 4) is 5.75 Å². The molecule has 0 aliphatic carbocycles. The first-order valence-electron chi connectivity index (χ1n) is 7.48. The lowest BCUT2D eigenvalue weighted by Crippen LogP contribution is -2.36. The van der Waals surface area contributed by atoms with E-state index in [1.807, 2.05) is 33.9 Å². The number of hydrogen-bond donors (Lipinski definition) is 1. The van der Waals surface area contributed by atoms with E-state index in [9.17, 15) is 4.39 Å². The van der Waals surface area contributed by atoms with E-state index in [-0.39, 0.29) is 29.2 Å². The molecule has 1 aromatic rings. The van der Waals surface area contributed by atoms with Gasteiger partial charge in [0.05, 0.1) is 5.60 Å². The Labute approximate surface area is 126 Å². The third kappa shape index (κ3) is 3.55. The summed E-state index contributed by atoms with van der Waals surface area (Å²) in [6.07, 6.45) is 0.704. The molecular weight excluding hydrogens is 269 g/mol. The highest BCUT2D eigenvalue weighted by atomic mass is 19.1. The predicted molar refractivity (Wildman–Crippen MR) is 82.2 cm³/mol. The predicted octanol–water partition coefficient (Wildman–Crippen LogP) is 3.83. The van der Waals surface area contributed by atoms with Crippen LogP contribution in [-0.4, -0.2) is 24.4 Å². The fourth-order valence-electron chi connectivity index (χ4n) is 2.95. The number of benzene rings is 1. The molecule has 2 unspecified atom stereocenters. The Morgan fingerprint density at radius 1 is 1.33 bits per heavy atom. The smallest absolute Gasteiger partial charge is 0.131 e. The third-order valence-corrected chi connectivity index (χ3v) is 4.14. The summed E-state index contributed by atoms with van der Waals surface area (Å²) < 4.78 is 26.1. The highest BCUT2D eigenvalue weighted by molar-refractivity contribution is 5.31. The molecule has 0 saturated carbocycles. The lowest BCUT2D eigenvalue weighted by molar-refractivity contribution is -0.0846. The first kappa shape index (κ1) is 16.2. The van der Waals surface area contributed by atoms with Gasteiger partial charge in [-0.2, -0.15) is 0 Å². The van der Waals surface area contributed by atoms with Gasteiger partial charge in [0.1, 0.15) is 23.3 Å². The maximum atomic E-state index is 14.2. The molecule has 21 heavy (non-hydrogen) atoms. The molecule has 2 rings (SSSR count). The summed E-state index contributed by atoms with van der Waals surface area (Å²) in [5.41, 5.74) is 0.0524. The van der Waals surface area contributed by atoms with E-state index >= 15 is 0 Å². The fraction of sp³-hybridized carbons (Fsp3) is 0.647. The molecule has 1 heterocycles. The van der Waals surface area contributed by atoms with Crippen molar-refractivity contribution in [2.45, 2.75) is 64.4 Å². The minimum absolute atomic E-state index is 0.0239. The van der Waals surface area contributed by atoms with E-state index < -0.39 is 0 Å². The van der Waals surface area contributed by atoms with Crippen LogP contribution < -0.4 is 10.1 Å². The van der Waals surface area contributed by atoms with Gasteiger partial charge in [0.25, 0.3) is 0 Å². The Kier molecular flexibility index (Phi) is 4.31. The van der Waals surface area contributed by atoms with E-state index in [4.69, 9.17) is 9.47 Å². The molecule has 2 atom stereocenters. The van der Waals surface area contributed by atoms with E-state index in [0.29, 0.717) is 11.3 Å². The van der Waals surface area contributed by atoms with Gasteiger partial charge in [-0.1, -0.05) is 6.07 Å². The van der Waals surface area contributed by atoms with E-state index in [1.165, 1.54) is 6.07 Å². The number of rotatable bonds is 4. The molecule has 1 fully saturated rings. The number of halogens is 1. The topological polar surface area (TPSA) is 30.5 Å². The van der Waals surface area contributed by atoms with Crippen molar-refractivity contribution in [3.63, 3.8) is 0 Å². The van der Waals surface area contributed by atoms with Crippen molar-refractivity contribution < 1.29 is 13.9 Å². The van der Waals surface area contributed by atoms with Crippen molar-refractivity contribution in [2.75, 3.05) is 7.05 Å². The van der Waals surface area contributed by atoms with Gasteiger partial charge in [0.15, 0.2) is 0 Å². The summed E-state index contributed by atoms with van der Waals surface area (Å²) in [6, 6.07) is 5.04. The van der Waals surface area contributed by atoms with Crippen molar-refractivity contribution in [2.24, 2.45) is 0 Å². The van der Waals surface area contributed by atoms with Crippen LogP contribution in [0.25, 0.3) is 0 Å². The quantitative estimate of drug-likeness (QED) is 0.915. The van der Waals surface area contributed by atoms with Crippen LogP contribution in [0.2, 0.25) is 0 Å². The van der Waals surface area contributed by atoms with Crippen LogP contribution in [-0.2, 0) is 4.74 Å². The van der Waals surface area contributed by atoms with Crippen molar-refractivity contribution in [1.82, 2.24) is 5.32 Å². The number of nitrogens with one attached hydrogen (secondary N) is 1. The molecule has 0 aromatic heterocycles. The van der Waals surface area contributed by atoms with Crippen LogP contribution in [0, 0.1) is 5.82 Å². The van der Waals surface area contributed by atoms with Crippen molar-refractivity contribution in [3.05, 3.63) is 29.6 Å². The first-order valence-corrected chi connectivity index (χ1v) is 7.48. The Bertz CT molecular complexity index is 514. The van der Waals surface area contributed by atoms with Crippen LogP contribution in [0.1, 0.15) is 52.6 Å². The summed E-state index contributed by atoms with van der Waals surface area (Å²) in [5, 5.41) is 3.04. The van der Waals surface area contributed by atoms with E-state index in [0.717, 1.165) is 6.42 Å². The van der Waals surface area contributed by atoms with Gasteiger partial charge < -0.3 is 14.8 Å². The molecule has 3 nitrogen and oxygen atoms in total. The summed E-state index contributed by atoms with van der Waals surface area (Å²) in [4.78, 5) is 0. The highest BCUT2D eigenvalue weighted by Gasteiger charge is 2.47. The Hall–Kier alpha value is -1.13. The van der Waals surface area contributed by atoms with Gasteiger partial charge >= 0.3 is 0 Å². The molecule has 0 spiro atoms. The minimum Gasteiger partial charge on any atom is -0.487 e. The largest absolute Gasteiger partial charge is 0.487 e. The zero-order valence-corrected chi connectivity index (χ0v) is 13.8.